The quantitative estimate of drug-likeness (QED) is 0.168. The van der Waals surface area contributed by atoms with Crippen molar-refractivity contribution in [3.63, 3.8) is 0 Å². The van der Waals surface area contributed by atoms with Crippen molar-refractivity contribution in [2.24, 2.45) is 0 Å². The number of anilines is 1. The van der Waals surface area contributed by atoms with Gasteiger partial charge in [-0.25, -0.2) is 18.5 Å². The molecule has 0 amide bonds. The summed E-state index contributed by atoms with van der Waals surface area (Å²) in [6.45, 7) is -0.874. The van der Waals surface area contributed by atoms with Crippen molar-refractivity contribution in [1.82, 2.24) is 9.55 Å². The molecule has 7 N–H and O–H groups in total. The first kappa shape index (κ1) is 29.1. The summed E-state index contributed by atoms with van der Waals surface area (Å²) >= 11 is 1.54. The Hall–Kier alpha value is -1.42. The van der Waals surface area contributed by atoms with Gasteiger partial charge in [-0.15, -0.1) is 11.8 Å². The first-order valence-corrected chi connectivity index (χ1v) is 15.5. The van der Waals surface area contributed by atoms with Gasteiger partial charge in [0.05, 0.1) is 12.7 Å². The van der Waals surface area contributed by atoms with Crippen LogP contribution in [0.2, 0.25) is 0 Å². The Bertz CT molecular complexity index is 1300. The zero-order valence-electron chi connectivity index (χ0n) is 18.3. The predicted octanol–water partition coefficient (Wildman–Crippen LogP) is 1.21. The van der Waals surface area contributed by atoms with Gasteiger partial charge in [0.1, 0.15) is 18.1 Å². The van der Waals surface area contributed by atoms with Gasteiger partial charge < -0.3 is 35.2 Å². The fraction of sp³-hybridized carbons (Fsp3) is 0.375. The Morgan fingerprint density at radius 1 is 1.14 bits per heavy atom. The van der Waals surface area contributed by atoms with Gasteiger partial charge >= 0.3 is 29.2 Å². The molecule has 2 heterocycles. The van der Waals surface area contributed by atoms with E-state index in [4.69, 9.17) is 20.3 Å². The van der Waals surface area contributed by atoms with Crippen molar-refractivity contribution >= 4 is 41.0 Å². The van der Waals surface area contributed by atoms with E-state index >= 15 is 0 Å². The fourth-order valence-electron chi connectivity index (χ4n) is 3.19. The SMILES string of the molecule is CSc1ccc(-c2cn([C@H]3C[C@H](O)[C@@H](COP(=O)(O)OP(=O)(O)OP(=O)(O)O)O3)c(=O)nc2N)cc1. The lowest BCUT2D eigenvalue weighted by molar-refractivity contribution is -0.0449. The number of ether oxygens (including phenoxy) is 1. The maximum Gasteiger partial charge on any atom is 0.490 e. The van der Waals surface area contributed by atoms with E-state index in [9.17, 15) is 33.4 Å². The Morgan fingerprint density at radius 3 is 2.36 bits per heavy atom. The Balaban J connectivity index is 1.72. The number of thioether (sulfide) groups is 1. The number of nitrogens with zero attached hydrogens (tertiary/aromatic N) is 2. The number of rotatable bonds is 10. The molecule has 1 aliphatic rings. The van der Waals surface area contributed by atoms with Crippen molar-refractivity contribution < 1.29 is 56.3 Å². The summed E-state index contributed by atoms with van der Waals surface area (Å²) in [5.74, 6) is -0.0316. The summed E-state index contributed by atoms with van der Waals surface area (Å²) in [6.07, 6.45) is -0.584. The molecular weight excluding hydrogens is 567 g/mol. The molecule has 0 aliphatic carbocycles. The minimum absolute atomic E-state index is 0.0316. The van der Waals surface area contributed by atoms with E-state index in [1.165, 1.54) is 18.0 Å². The topological polar surface area (TPSA) is 250 Å². The van der Waals surface area contributed by atoms with Crippen LogP contribution in [0.1, 0.15) is 12.6 Å². The zero-order chi connectivity index (χ0) is 26.9. The van der Waals surface area contributed by atoms with Crippen LogP contribution in [0.15, 0.2) is 40.2 Å². The average molecular weight is 589 g/mol. The van der Waals surface area contributed by atoms with E-state index in [2.05, 4.69) is 18.1 Å². The minimum Gasteiger partial charge on any atom is -0.390 e. The van der Waals surface area contributed by atoms with Crippen LogP contribution < -0.4 is 11.4 Å². The van der Waals surface area contributed by atoms with Crippen LogP contribution in [0.4, 0.5) is 5.82 Å². The number of aliphatic hydroxyl groups is 1. The molecule has 0 bridgehead atoms. The second-order valence-electron chi connectivity index (χ2n) is 7.28. The second-order valence-corrected chi connectivity index (χ2v) is 12.6. The Labute approximate surface area is 207 Å². The van der Waals surface area contributed by atoms with Crippen LogP contribution >= 0.6 is 35.2 Å². The number of aromatic nitrogens is 2. The maximum atomic E-state index is 12.4. The van der Waals surface area contributed by atoms with Crippen molar-refractivity contribution in [2.45, 2.75) is 29.8 Å². The van der Waals surface area contributed by atoms with E-state index in [0.29, 0.717) is 11.1 Å². The monoisotopic (exact) mass is 589 g/mol. The molecule has 5 atom stereocenters. The first-order valence-electron chi connectivity index (χ1n) is 9.74. The summed E-state index contributed by atoms with van der Waals surface area (Å²) in [6, 6.07) is 7.26. The van der Waals surface area contributed by atoms with Gasteiger partial charge in [-0.2, -0.15) is 13.6 Å². The highest BCUT2D eigenvalue weighted by Gasteiger charge is 2.43. The van der Waals surface area contributed by atoms with E-state index in [0.717, 1.165) is 9.46 Å². The number of aliphatic hydroxyl groups excluding tert-OH is 1. The first-order chi connectivity index (χ1) is 16.6. The highest BCUT2D eigenvalue weighted by atomic mass is 32.2. The third kappa shape index (κ3) is 7.79. The lowest BCUT2D eigenvalue weighted by Crippen LogP contribution is -2.29. The van der Waals surface area contributed by atoms with Gasteiger partial charge in [0.25, 0.3) is 0 Å². The number of phosphoric acid groups is 3. The van der Waals surface area contributed by atoms with Crippen molar-refractivity contribution in [2.75, 3.05) is 18.6 Å². The van der Waals surface area contributed by atoms with Gasteiger partial charge in [-0.05, 0) is 24.0 Å². The minimum atomic E-state index is -5.69. The molecule has 200 valence electrons. The highest BCUT2D eigenvalue weighted by molar-refractivity contribution is 7.98. The van der Waals surface area contributed by atoms with Gasteiger partial charge in [-0.3, -0.25) is 9.09 Å². The molecule has 3 rings (SSSR count). The van der Waals surface area contributed by atoms with Crippen LogP contribution in [-0.2, 0) is 31.6 Å². The number of benzene rings is 1. The summed E-state index contributed by atoms with van der Waals surface area (Å²) < 4.78 is 52.3. The number of hydrogen-bond donors (Lipinski definition) is 6. The number of nitrogen functional groups attached to an aromatic ring is 1. The van der Waals surface area contributed by atoms with Crippen LogP contribution in [0, 0.1) is 0 Å². The smallest absolute Gasteiger partial charge is 0.390 e. The van der Waals surface area contributed by atoms with E-state index in [1.807, 2.05) is 18.4 Å². The molecule has 0 saturated carbocycles. The third-order valence-electron chi connectivity index (χ3n) is 4.71. The lowest BCUT2D eigenvalue weighted by Gasteiger charge is -2.19. The normalized spacial score (nSPS) is 23.8. The van der Waals surface area contributed by atoms with Gasteiger partial charge in [0.15, 0.2) is 0 Å². The summed E-state index contributed by atoms with van der Waals surface area (Å²) in [5, 5.41) is 10.3. The Kier molecular flexibility index (Phi) is 9.01. The number of phosphoric ester groups is 1. The highest BCUT2D eigenvalue weighted by Crippen LogP contribution is 2.66. The molecule has 2 unspecified atom stereocenters. The van der Waals surface area contributed by atoms with E-state index < -0.39 is 54.2 Å². The van der Waals surface area contributed by atoms with Crippen LogP contribution in [0.3, 0.4) is 0 Å². The van der Waals surface area contributed by atoms with Gasteiger partial charge in [0.2, 0.25) is 0 Å². The standard InChI is InChI=1S/C16H22N3O13P3S/c1-36-10-4-2-9(3-5-10)11-7-19(16(21)18-15(11)17)14-6-12(20)13(30-14)8-29-34(25,26)32-35(27,28)31-33(22,23)24/h2-5,7,12-14,20H,6,8H2,1H3,(H,25,26)(H,27,28)(H2,17,18,21)(H2,22,23,24)/t12-,13+,14+/m0/s1. The average Bonchev–Trinajstić information content (AvgIpc) is 3.10. The summed E-state index contributed by atoms with van der Waals surface area (Å²) in [5.41, 5.74) is 6.20. The molecule has 1 saturated heterocycles. The van der Waals surface area contributed by atoms with Crippen LogP contribution in [0.25, 0.3) is 11.1 Å². The largest absolute Gasteiger partial charge is 0.490 e. The molecule has 20 heteroatoms. The maximum absolute atomic E-state index is 12.4. The zero-order valence-corrected chi connectivity index (χ0v) is 21.8. The molecule has 36 heavy (non-hydrogen) atoms. The fourth-order valence-corrected chi connectivity index (χ4v) is 6.63. The molecule has 1 aromatic heterocycles. The molecule has 1 fully saturated rings. The molecule has 2 aromatic rings. The van der Waals surface area contributed by atoms with Gasteiger partial charge in [0, 0.05) is 23.1 Å². The van der Waals surface area contributed by atoms with E-state index in [1.54, 1.807) is 12.1 Å². The van der Waals surface area contributed by atoms with Crippen molar-refractivity contribution in [3.8, 4) is 11.1 Å². The molecule has 16 nitrogen and oxygen atoms in total. The molecular formula is C16H22N3O13P3S. The van der Waals surface area contributed by atoms with Crippen LogP contribution in [-0.4, -0.2) is 59.3 Å². The lowest BCUT2D eigenvalue weighted by atomic mass is 10.1. The molecule has 1 aliphatic heterocycles. The molecule has 0 spiro atoms. The predicted molar refractivity (Wildman–Crippen MR) is 124 cm³/mol. The van der Waals surface area contributed by atoms with E-state index in [-0.39, 0.29) is 12.2 Å². The van der Waals surface area contributed by atoms with Crippen molar-refractivity contribution in [3.05, 3.63) is 40.9 Å². The third-order valence-corrected chi connectivity index (χ3v) is 9.26. The Morgan fingerprint density at radius 2 is 1.78 bits per heavy atom. The number of nitrogens with two attached hydrogens (primary N) is 1. The van der Waals surface area contributed by atoms with Crippen LogP contribution in [0.5, 0.6) is 0 Å². The number of hydrogen-bond acceptors (Lipinski definition) is 12. The van der Waals surface area contributed by atoms with Gasteiger partial charge in [-0.1, -0.05) is 12.1 Å². The second kappa shape index (κ2) is 11.1. The van der Waals surface area contributed by atoms with Crippen molar-refractivity contribution in [1.29, 1.82) is 0 Å². The molecule has 0 radical (unpaired) electrons. The molecule has 1 aromatic carbocycles. The summed E-state index contributed by atoms with van der Waals surface area (Å²) in [7, 11) is -16.7. The summed E-state index contributed by atoms with van der Waals surface area (Å²) in [4.78, 5) is 53.1.